The molecule has 2 aromatic heterocycles. The summed E-state index contributed by atoms with van der Waals surface area (Å²) in [6.07, 6.45) is 3.27. The highest BCUT2D eigenvalue weighted by atomic mass is 32.2. The van der Waals surface area contributed by atoms with Gasteiger partial charge in [0.1, 0.15) is 17.9 Å². The van der Waals surface area contributed by atoms with Gasteiger partial charge in [-0.25, -0.2) is 15.0 Å². The van der Waals surface area contributed by atoms with E-state index in [2.05, 4.69) is 20.3 Å². The zero-order valence-electron chi connectivity index (χ0n) is 12.1. The van der Waals surface area contributed by atoms with E-state index in [0.29, 0.717) is 23.3 Å². The maximum atomic E-state index is 11.7. The molecule has 0 spiro atoms. The van der Waals surface area contributed by atoms with E-state index < -0.39 is 0 Å². The molecule has 1 N–H and O–H groups in total. The second-order valence-electron chi connectivity index (χ2n) is 4.46. The normalized spacial score (nSPS) is 10.6. The van der Waals surface area contributed by atoms with Crippen LogP contribution in [0, 0.1) is 0 Å². The summed E-state index contributed by atoms with van der Waals surface area (Å²) in [6, 6.07) is 9.19. The summed E-state index contributed by atoms with van der Waals surface area (Å²) in [5.41, 5.74) is 1.48. The van der Waals surface area contributed by atoms with E-state index >= 15 is 0 Å². The predicted octanol–water partition coefficient (Wildman–Crippen LogP) is 2.37. The Labute approximate surface area is 136 Å². The number of para-hydroxylation sites is 2. The van der Waals surface area contributed by atoms with Gasteiger partial charge in [-0.1, -0.05) is 23.9 Å². The van der Waals surface area contributed by atoms with Gasteiger partial charge in [-0.2, -0.15) is 0 Å². The standard InChI is InChI=1S/C15H14N4O3S/c20-13(21-9-8-18-14-16-6-3-7-17-14)10-23-15-19-11-4-1-2-5-12(11)22-15/h1-7H,8-10H2,(H,16,17,18). The molecule has 7 nitrogen and oxygen atoms in total. The predicted molar refractivity (Wildman–Crippen MR) is 86.2 cm³/mol. The molecule has 0 saturated carbocycles. The molecule has 0 fully saturated rings. The Bertz CT molecular complexity index is 746. The van der Waals surface area contributed by atoms with Gasteiger partial charge in [-0.3, -0.25) is 4.79 Å². The van der Waals surface area contributed by atoms with E-state index in [1.165, 1.54) is 11.8 Å². The van der Waals surface area contributed by atoms with Gasteiger partial charge in [0.15, 0.2) is 5.58 Å². The largest absolute Gasteiger partial charge is 0.463 e. The third kappa shape index (κ3) is 4.43. The fraction of sp³-hybridized carbons (Fsp3) is 0.200. The molecule has 118 valence electrons. The number of carbonyl (C=O) groups is 1. The molecule has 0 aliphatic carbocycles. The van der Waals surface area contributed by atoms with Crippen molar-refractivity contribution in [1.82, 2.24) is 15.0 Å². The minimum Gasteiger partial charge on any atom is -0.463 e. The van der Waals surface area contributed by atoms with Crippen LogP contribution in [0.5, 0.6) is 0 Å². The molecule has 0 atom stereocenters. The smallest absolute Gasteiger partial charge is 0.316 e. The molecule has 0 aliphatic heterocycles. The van der Waals surface area contributed by atoms with Gasteiger partial charge in [-0.15, -0.1) is 0 Å². The van der Waals surface area contributed by atoms with Crippen LogP contribution in [0.1, 0.15) is 0 Å². The third-order valence-electron chi connectivity index (χ3n) is 2.80. The van der Waals surface area contributed by atoms with Crippen LogP contribution in [0.15, 0.2) is 52.4 Å². The highest BCUT2D eigenvalue weighted by molar-refractivity contribution is 7.99. The molecule has 3 aromatic rings. The average molecular weight is 330 g/mol. The number of nitrogens with zero attached hydrogens (tertiary/aromatic N) is 3. The van der Waals surface area contributed by atoms with E-state index in [-0.39, 0.29) is 18.3 Å². The minimum atomic E-state index is -0.326. The number of carbonyl (C=O) groups excluding carboxylic acids is 1. The molecule has 0 unspecified atom stereocenters. The number of oxazole rings is 1. The Kier molecular flexibility index (Phi) is 5.05. The number of benzene rings is 1. The average Bonchev–Trinajstić information content (AvgIpc) is 3.01. The summed E-state index contributed by atoms with van der Waals surface area (Å²) in [5, 5.41) is 3.41. The Morgan fingerprint density at radius 1 is 1.22 bits per heavy atom. The summed E-state index contributed by atoms with van der Waals surface area (Å²) in [6.45, 7) is 0.689. The summed E-state index contributed by atoms with van der Waals surface area (Å²) in [4.78, 5) is 24.0. The number of aromatic nitrogens is 3. The van der Waals surface area contributed by atoms with Crippen molar-refractivity contribution in [1.29, 1.82) is 0 Å². The van der Waals surface area contributed by atoms with E-state index in [0.717, 1.165) is 5.52 Å². The van der Waals surface area contributed by atoms with Gasteiger partial charge in [0, 0.05) is 12.4 Å². The molecule has 3 rings (SSSR count). The van der Waals surface area contributed by atoms with Crippen LogP contribution < -0.4 is 5.32 Å². The maximum Gasteiger partial charge on any atom is 0.316 e. The molecule has 8 heteroatoms. The van der Waals surface area contributed by atoms with Crippen LogP contribution in [0.3, 0.4) is 0 Å². The first kappa shape index (κ1) is 15.3. The molecule has 1 aromatic carbocycles. The SMILES string of the molecule is O=C(CSc1nc2ccccc2o1)OCCNc1ncccn1. The Morgan fingerprint density at radius 2 is 2.04 bits per heavy atom. The third-order valence-corrected chi connectivity index (χ3v) is 3.60. The second-order valence-corrected chi connectivity index (χ2v) is 5.38. The fourth-order valence-electron chi connectivity index (χ4n) is 1.79. The Hall–Kier alpha value is -2.61. The second kappa shape index (κ2) is 7.59. The van der Waals surface area contributed by atoms with Crippen LogP contribution in [0.25, 0.3) is 11.1 Å². The van der Waals surface area contributed by atoms with Crippen molar-refractivity contribution in [3.8, 4) is 0 Å². The van der Waals surface area contributed by atoms with Crippen LogP contribution in [0.4, 0.5) is 5.95 Å². The van der Waals surface area contributed by atoms with Gasteiger partial charge >= 0.3 is 5.97 Å². The molecule has 0 saturated heterocycles. The van der Waals surface area contributed by atoms with Gasteiger partial charge in [0.25, 0.3) is 5.22 Å². The van der Waals surface area contributed by atoms with Crippen molar-refractivity contribution >= 4 is 34.8 Å². The molecule has 0 aliphatic rings. The number of anilines is 1. The first-order chi connectivity index (χ1) is 11.3. The van der Waals surface area contributed by atoms with E-state index in [1.54, 1.807) is 18.5 Å². The number of fused-ring (bicyclic) bond motifs is 1. The van der Waals surface area contributed by atoms with E-state index in [1.807, 2.05) is 24.3 Å². The summed E-state index contributed by atoms with van der Waals surface area (Å²) < 4.78 is 10.6. The van der Waals surface area contributed by atoms with Gasteiger partial charge in [-0.05, 0) is 18.2 Å². The van der Waals surface area contributed by atoms with E-state index in [4.69, 9.17) is 9.15 Å². The number of thioether (sulfide) groups is 1. The molecule has 0 amide bonds. The topological polar surface area (TPSA) is 90.1 Å². The van der Waals surface area contributed by atoms with Crippen LogP contribution in [-0.4, -0.2) is 39.8 Å². The van der Waals surface area contributed by atoms with Crippen molar-refractivity contribution in [2.24, 2.45) is 0 Å². The first-order valence-electron chi connectivity index (χ1n) is 6.96. The van der Waals surface area contributed by atoms with Crippen LogP contribution in [-0.2, 0) is 9.53 Å². The molecule has 23 heavy (non-hydrogen) atoms. The van der Waals surface area contributed by atoms with Gasteiger partial charge < -0.3 is 14.5 Å². The highest BCUT2D eigenvalue weighted by Crippen LogP contribution is 2.22. The van der Waals surface area contributed by atoms with Crippen molar-refractivity contribution in [2.45, 2.75) is 5.22 Å². The lowest BCUT2D eigenvalue weighted by molar-refractivity contribution is -0.140. The number of esters is 1. The fourth-order valence-corrected chi connectivity index (χ4v) is 2.43. The Balaban J connectivity index is 1.38. The number of rotatable bonds is 7. The van der Waals surface area contributed by atoms with Crippen molar-refractivity contribution in [3.63, 3.8) is 0 Å². The lowest BCUT2D eigenvalue weighted by Gasteiger charge is -2.05. The molecule has 0 radical (unpaired) electrons. The number of ether oxygens (including phenoxy) is 1. The zero-order valence-corrected chi connectivity index (χ0v) is 13.0. The zero-order chi connectivity index (χ0) is 15.9. The summed E-state index contributed by atoms with van der Waals surface area (Å²) in [5.74, 6) is 0.326. The minimum absolute atomic E-state index is 0.147. The van der Waals surface area contributed by atoms with Crippen molar-refractivity contribution in [2.75, 3.05) is 24.2 Å². The Morgan fingerprint density at radius 3 is 2.87 bits per heavy atom. The lowest BCUT2D eigenvalue weighted by atomic mass is 10.3. The van der Waals surface area contributed by atoms with Gasteiger partial charge in [0.2, 0.25) is 5.95 Å². The lowest BCUT2D eigenvalue weighted by Crippen LogP contribution is -2.16. The maximum absolute atomic E-state index is 11.7. The van der Waals surface area contributed by atoms with E-state index in [9.17, 15) is 4.79 Å². The molecule has 2 heterocycles. The van der Waals surface area contributed by atoms with Crippen LogP contribution >= 0.6 is 11.8 Å². The molecule has 0 bridgehead atoms. The number of nitrogens with one attached hydrogen (secondary N) is 1. The highest BCUT2D eigenvalue weighted by Gasteiger charge is 2.09. The first-order valence-corrected chi connectivity index (χ1v) is 7.95. The van der Waals surface area contributed by atoms with Crippen molar-refractivity contribution < 1.29 is 13.9 Å². The van der Waals surface area contributed by atoms with Crippen LogP contribution in [0.2, 0.25) is 0 Å². The van der Waals surface area contributed by atoms with Gasteiger partial charge in [0.05, 0.1) is 6.54 Å². The molecular formula is C15H14N4O3S. The molecular weight excluding hydrogens is 316 g/mol. The van der Waals surface area contributed by atoms with Crippen molar-refractivity contribution in [3.05, 3.63) is 42.7 Å². The number of hydrogen-bond donors (Lipinski definition) is 1. The summed E-state index contributed by atoms with van der Waals surface area (Å²) >= 11 is 1.21. The quantitative estimate of drug-likeness (QED) is 0.401. The monoisotopic (exact) mass is 330 g/mol. The number of hydrogen-bond acceptors (Lipinski definition) is 8. The summed E-state index contributed by atoms with van der Waals surface area (Å²) in [7, 11) is 0.